The molecule has 0 amide bonds. The summed E-state index contributed by atoms with van der Waals surface area (Å²) < 4.78 is 0. The first-order valence-electron chi connectivity index (χ1n) is 5.76. The molecule has 14 heavy (non-hydrogen) atoms. The lowest BCUT2D eigenvalue weighted by molar-refractivity contribution is 0.139. The number of aliphatic hydroxyl groups is 1. The van der Waals surface area contributed by atoms with Crippen molar-refractivity contribution >= 4 is 0 Å². The average Bonchev–Trinajstić information content (AvgIpc) is 2.66. The lowest BCUT2D eigenvalue weighted by Crippen LogP contribution is -2.33. The minimum atomic E-state index is -0.180. The van der Waals surface area contributed by atoms with Gasteiger partial charge in [0.15, 0.2) is 0 Å². The zero-order valence-corrected chi connectivity index (χ0v) is 9.21. The van der Waals surface area contributed by atoms with Crippen LogP contribution in [0.4, 0.5) is 0 Å². The van der Waals surface area contributed by atoms with Gasteiger partial charge in [0.1, 0.15) is 0 Å². The smallest absolute Gasteiger partial charge is 0.0667 e. The highest BCUT2D eigenvalue weighted by molar-refractivity contribution is 4.82. The van der Waals surface area contributed by atoms with E-state index in [1.807, 2.05) is 6.08 Å². The van der Waals surface area contributed by atoms with Crippen LogP contribution in [0.5, 0.6) is 0 Å². The maximum Gasteiger partial charge on any atom is 0.0667 e. The molecule has 0 bridgehead atoms. The summed E-state index contributed by atoms with van der Waals surface area (Å²) in [5, 5.41) is 13.0. The van der Waals surface area contributed by atoms with Gasteiger partial charge in [0.05, 0.1) is 6.10 Å². The van der Waals surface area contributed by atoms with E-state index in [9.17, 15) is 5.11 Å². The van der Waals surface area contributed by atoms with Crippen LogP contribution in [0.2, 0.25) is 0 Å². The lowest BCUT2D eigenvalue weighted by Gasteiger charge is -2.17. The van der Waals surface area contributed by atoms with Crippen molar-refractivity contribution in [2.75, 3.05) is 6.54 Å². The van der Waals surface area contributed by atoms with Gasteiger partial charge in [-0.15, -0.1) is 6.58 Å². The van der Waals surface area contributed by atoms with Crippen molar-refractivity contribution in [3.8, 4) is 0 Å². The Morgan fingerprint density at radius 2 is 2.14 bits per heavy atom. The van der Waals surface area contributed by atoms with Crippen LogP contribution in [0.25, 0.3) is 0 Å². The highest BCUT2D eigenvalue weighted by Gasteiger charge is 2.18. The largest absolute Gasteiger partial charge is 0.392 e. The van der Waals surface area contributed by atoms with Crippen molar-refractivity contribution in [1.82, 2.24) is 5.32 Å². The molecule has 0 radical (unpaired) electrons. The summed E-state index contributed by atoms with van der Waals surface area (Å²) in [5.74, 6) is 0.769. The van der Waals surface area contributed by atoms with Crippen LogP contribution in [0, 0.1) is 5.92 Å². The van der Waals surface area contributed by atoms with Crippen LogP contribution >= 0.6 is 0 Å². The fourth-order valence-electron chi connectivity index (χ4n) is 2.12. The van der Waals surface area contributed by atoms with Gasteiger partial charge in [-0.3, -0.25) is 0 Å². The van der Waals surface area contributed by atoms with E-state index in [-0.39, 0.29) is 6.10 Å². The molecule has 1 rings (SSSR count). The lowest BCUT2D eigenvalue weighted by atomic mass is 10.00. The molecule has 2 unspecified atom stereocenters. The second kappa shape index (κ2) is 6.20. The van der Waals surface area contributed by atoms with Crippen molar-refractivity contribution in [3.05, 3.63) is 12.7 Å². The third-order valence-corrected chi connectivity index (χ3v) is 3.11. The number of nitrogens with one attached hydrogen (secondary N) is 1. The molecule has 0 aromatic rings. The molecule has 1 fully saturated rings. The minimum Gasteiger partial charge on any atom is -0.392 e. The van der Waals surface area contributed by atoms with E-state index in [1.165, 1.54) is 25.7 Å². The first-order chi connectivity index (χ1) is 6.72. The normalized spacial score (nSPS) is 22.1. The summed E-state index contributed by atoms with van der Waals surface area (Å²) in [6.07, 6.45) is 7.99. The van der Waals surface area contributed by atoms with Crippen LogP contribution < -0.4 is 5.32 Å². The summed E-state index contributed by atoms with van der Waals surface area (Å²) >= 11 is 0. The maximum absolute atomic E-state index is 9.76. The van der Waals surface area contributed by atoms with Gasteiger partial charge in [0.25, 0.3) is 0 Å². The molecule has 0 aliphatic heterocycles. The van der Waals surface area contributed by atoms with Crippen molar-refractivity contribution in [2.24, 2.45) is 5.92 Å². The molecule has 2 nitrogen and oxygen atoms in total. The molecule has 2 N–H and O–H groups in total. The first-order valence-corrected chi connectivity index (χ1v) is 5.76. The van der Waals surface area contributed by atoms with E-state index in [2.05, 4.69) is 18.8 Å². The van der Waals surface area contributed by atoms with Gasteiger partial charge >= 0.3 is 0 Å². The third-order valence-electron chi connectivity index (χ3n) is 3.11. The maximum atomic E-state index is 9.76. The Balaban J connectivity index is 2.08. The van der Waals surface area contributed by atoms with E-state index in [1.54, 1.807) is 0 Å². The van der Waals surface area contributed by atoms with Gasteiger partial charge in [-0.2, -0.15) is 0 Å². The van der Waals surface area contributed by atoms with Gasteiger partial charge in [0.2, 0.25) is 0 Å². The molecular formula is C12H23NO. The topological polar surface area (TPSA) is 32.3 Å². The Morgan fingerprint density at radius 3 is 2.71 bits per heavy atom. The molecule has 2 heteroatoms. The van der Waals surface area contributed by atoms with Crippen LogP contribution in [0.3, 0.4) is 0 Å². The highest BCUT2D eigenvalue weighted by atomic mass is 16.3. The Morgan fingerprint density at radius 1 is 1.50 bits per heavy atom. The van der Waals surface area contributed by atoms with E-state index in [0.717, 1.165) is 12.3 Å². The predicted octanol–water partition coefficient (Wildman–Crippen LogP) is 2.09. The standard InChI is InChI=1S/C12H23NO/c1-3-10(2)13-9-12(14)8-11-6-4-5-7-11/h3,10-14H,1,4-9H2,2H3. The zero-order valence-electron chi connectivity index (χ0n) is 9.21. The molecule has 82 valence electrons. The summed E-state index contributed by atoms with van der Waals surface area (Å²) in [7, 11) is 0. The van der Waals surface area contributed by atoms with Crippen molar-refractivity contribution in [2.45, 2.75) is 51.2 Å². The van der Waals surface area contributed by atoms with Crippen LogP contribution in [0.15, 0.2) is 12.7 Å². The second-order valence-corrected chi connectivity index (χ2v) is 4.47. The Labute approximate surface area is 87.4 Å². The second-order valence-electron chi connectivity index (χ2n) is 4.47. The minimum absolute atomic E-state index is 0.180. The number of aliphatic hydroxyl groups excluding tert-OH is 1. The third kappa shape index (κ3) is 4.25. The van der Waals surface area contributed by atoms with Gasteiger partial charge in [-0.1, -0.05) is 31.8 Å². The fourth-order valence-corrected chi connectivity index (χ4v) is 2.12. The number of rotatable bonds is 6. The Hall–Kier alpha value is -0.340. The molecule has 0 saturated heterocycles. The van der Waals surface area contributed by atoms with Crippen molar-refractivity contribution in [3.63, 3.8) is 0 Å². The van der Waals surface area contributed by atoms with E-state index >= 15 is 0 Å². The van der Waals surface area contributed by atoms with E-state index < -0.39 is 0 Å². The molecule has 2 atom stereocenters. The fraction of sp³-hybridized carbons (Fsp3) is 0.833. The summed E-state index contributed by atoms with van der Waals surface area (Å²) in [6, 6.07) is 0.299. The molecule has 1 aliphatic carbocycles. The van der Waals surface area contributed by atoms with E-state index in [0.29, 0.717) is 12.6 Å². The predicted molar refractivity (Wildman–Crippen MR) is 60.2 cm³/mol. The molecule has 0 aromatic heterocycles. The molecule has 0 aromatic carbocycles. The summed E-state index contributed by atoms with van der Waals surface area (Å²) in [4.78, 5) is 0. The van der Waals surface area contributed by atoms with Gasteiger partial charge in [-0.25, -0.2) is 0 Å². The van der Waals surface area contributed by atoms with Crippen LogP contribution in [-0.2, 0) is 0 Å². The average molecular weight is 197 g/mol. The summed E-state index contributed by atoms with van der Waals surface area (Å²) in [5.41, 5.74) is 0. The SMILES string of the molecule is C=CC(C)NCC(O)CC1CCCC1. The number of hydrogen-bond donors (Lipinski definition) is 2. The van der Waals surface area contributed by atoms with Gasteiger partial charge in [0, 0.05) is 12.6 Å². The zero-order chi connectivity index (χ0) is 10.4. The first kappa shape index (κ1) is 11.7. The van der Waals surface area contributed by atoms with E-state index in [4.69, 9.17) is 0 Å². The summed E-state index contributed by atoms with van der Waals surface area (Å²) in [6.45, 7) is 6.45. The molecule has 1 aliphatic rings. The molecule has 0 heterocycles. The Bertz CT molecular complexity index is 164. The number of hydrogen-bond acceptors (Lipinski definition) is 2. The molecule has 1 saturated carbocycles. The quantitative estimate of drug-likeness (QED) is 0.639. The van der Waals surface area contributed by atoms with Crippen LogP contribution in [0.1, 0.15) is 39.0 Å². The Kier molecular flexibility index (Phi) is 5.20. The highest BCUT2D eigenvalue weighted by Crippen LogP contribution is 2.28. The van der Waals surface area contributed by atoms with Gasteiger partial charge in [-0.05, 0) is 19.3 Å². The van der Waals surface area contributed by atoms with Crippen molar-refractivity contribution in [1.29, 1.82) is 0 Å². The van der Waals surface area contributed by atoms with Crippen LogP contribution in [-0.4, -0.2) is 23.8 Å². The van der Waals surface area contributed by atoms with Gasteiger partial charge < -0.3 is 10.4 Å². The molecular weight excluding hydrogens is 174 g/mol. The monoisotopic (exact) mass is 197 g/mol. The molecule has 0 spiro atoms. The van der Waals surface area contributed by atoms with Crippen molar-refractivity contribution < 1.29 is 5.11 Å².